The van der Waals surface area contributed by atoms with Crippen molar-refractivity contribution in [2.75, 3.05) is 12.9 Å². The summed E-state index contributed by atoms with van der Waals surface area (Å²) in [5.74, 6) is 0.173. The van der Waals surface area contributed by atoms with Crippen LogP contribution >= 0.6 is 11.8 Å². The number of allylic oxidation sites excluding steroid dienone is 1. The Hall–Kier alpha value is -2.28. The van der Waals surface area contributed by atoms with Gasteiger partial charge in [0.1, 0.15) is 5.71 Å². The molecule has 7 heteroatoms. The summed E-state index contributed by atoms with van der Waals surface area (Å²) >= 11 is 1.52. The van der Waals surface area contributed by atoms with Crippen LogP contribution < -0.4 is 5.32 Å². The van der Waals surface area contributed by atoms with Gasteiger partial charge in [0, 0.05) is 22.6 Å². The lowest BCUT2D eigenvalue weighted by atomic mass is 10.1. The molecule has 2 rings (SSSR count). The fourth-order valence-electron chi connectivity index (χ4n) is 2.30. The van der Waals surface area contributed by atoms with Gasteiger partial charge in [-0.1, -0.05) is 29.4 Å². The van der Waals surface area contributed by atoms with Crippen LogP contribution in [0.3, 0.4) is 0 Å². The van der Waals surface area contributed by atoms with E-state index in [1.807, 2.05) is 12.1 Å². The summed E-state index contributed by atoms with van der Waals surface area (Å²) < 4.78 is 4.59. The summed E-state index contributed by atoms with van der Waals surface area (Å²) in [6, 6.07) is 8.57. The molecule has 0 aromatic heterocycles. The zero-order valence-electron chi connectivity index (χ0n) is 13.4. The van der Waals surface area contributed by atoms with Crippen molar-refractivity contribution in [2.45, 2.75) is 25.3 Å². The van der Waals surface area contributed by atoms with E-state index < -0.39 is 0 Å². The number of carbonyl (C=O) groups excluding carboxylic acids is 2. The van der Waals surface area contributed by atoms with Gasteiger partial charge in [0.05, 0.1) is 13.2 Å². The largest absolute Gasteiger partial charge is 0.469 e. The first-order valence-corrected chi connectivity index (χ1v) is 8.62. The summed E-state index contributed by atoms with van der Waals surface area (Å²) in [5, 5.41) is 15.5. The highest BCUT2D eigenvalue weighted by Crippen LogP contribution is 2.29. The van der Waals surface area contributed by atoms with Crippen LogP contribution in [0.5, 0.6) is 0 Å². The van der Waals surface area contributed by atoms with Gasteiger partial charge in [-0.25, -0.2) is 0 Å². The third kappa shape index (κ3) is 4.86. The number of carbonyl (C=O) groups is 2. The Morgan fingerprint density at radius 2 is 2.17 bits per heavy atom. The molecule has 0 bridgehead atoms. The van der Waals surface area contributed by atoms with Crippen LogP contribution in [-0.2, 0) is 9.53 Å². The number of nitrogens with one attached hydrogen (secondary N) is 1. The third-order valence-electron chi connectivity index (χ3n) is 3.58. The quantitative estimate of drug-likeness (QED) is 0.357. The van der Waals surface area contributed by atoms with Crippen molar-refractivity contribution in [3.63, 3.8) is 0 Å². The summed E-state index contributed by atoms with van der Waals surface area (Å²) in [6.45, 7) is 0. The van der Waals surface area contributed by atoms with Gasteiger partial charge in [0.25, 0.3) is 5.91 Å². The lowest BCUT2D eigenvalue weighted by Crippen LogP contribution is -2.39. The second kappa shape index (κ2) is 9.12. The summed E-state index contributed by atoms with van der Waals surface area (Å²) in [4.78, 5) is 24.1. The Balaban J connectivity index is 1.92. The van der Waals surface area contributed by atoms with E-state index in [2.05, 4.69) is 15.2 Å². The summed E-state index contributed by atoms with van der Waals surface area (Å²) in [5.41, 5.74) is 1.03. The molecule has 0 aliphatic carbocycles. The molecule has 1 saturated heterocycles. The number of thioether (sulfide) groups is 1. The van der Waals surface area contributed by atoms with E-state index in [0.717, 1.165) is 4.91 Å². The van der Waals surface area contributed by atoms with Crippen LogP contribution in [0, 0.1) is 0 Å². The number of oxime groups is 1. The standard InChI is InChI=1S/C17H20N2O4S/c1-23-15(20)10-6-5-9-14-16(19-22)13(11-24-14)18-17(21)12-7-3-2-4-8-12/h2-4,7-9,13,22H,5-6,10-11H2,1H3,(H,18,21)/t13-/m1/s1. The lowest BCUT2D eigenvalue weighted by Gasteiger charge is -2.12. The second-order valence-corrected chi connectivity index (χ2v) is 6.29. The average molecular weight is 348 g/mol. The fraction of sp³-hybridized carbons (Fsp3) is 0.353. The molecule has 128 valence electrons. The molecular formula is C17H20N2O4S. The molecule has 1 fully saturated rings. The maximum atomic E-state index is 12.2. The van der Waals surface area contributed by atoms with Crippen molar-refractivity contribution in [1.29, 1.82) is 0 Å². The first-order chi connectivity index (χ1) is 11.7. The number of unbranched alkanes of at least 4 members (excludes halogenated alkanes) is 1. The number of nitrogens with zero attached hydrogens (tertiary/aromatic N) is 1. The fourth-order valence-corrected chi connectivity index (χ4v) is 3.46. The van der Waals surface area contributed by atoms with Crippen molar-refractivity contribution < 1.29 is 19.5 Å². The normalized spacial score (nSPS) is 20.3. The van der Waals surface area contributed by atoms with E-state index in [0.29, 0.717) is 36.3 Å². The highest BCUT2D eigenvalue weighted by molar-refractivity contribution is 8.04. The van der Waals surface area contributed by atoms with Crippen LogP contribution in [0.25, 0.3) is 0 Å². The number of ether oxygens (including phenoxy) is 1. The Kier molecular flexibility index (Phi) is 6.87. The first-order valence-electron chi connectivity index (χ1n) is 7.63. The first kappa shape index (κ1) is 18.1. The molecule has 1 aliphatic heterocycles. The molecule has 1 aromatic carbocycles. The number of esters is 1. The molecular weight excluding hydrogens is 328 g/mol. The highest BCUT2D eigenvalue weighted by Gasteiger charge is 2.30. The number of rotatable bonds is 6. The Labute approximate surface area is 145 Å². The number of methoxy groups -OCH3 is 1. The molecule has 1 atom stereocenters. The molecule has 2 N–H and O–H groups in total. The lowest BCUT2D eigenvalue weighted by molar-refractivity contribution is -0.140. The molecule has 6 nitrogen and oxygen atoms in total. The zero-order chi connectivity index (χ0) is 17.4. The van der Waals surface area contributed by atoms with Crippen molar-refractivity contribution in [1.82, 2.24) is 5.32 Å². The highest BCUT2D eigenvalue weighted by atomic mass is 32.2. The van der Waals surface area contributed by atoms with E-state index in [9.17, 15) is 14.8 Å². The molecule has 0 spiro atoms. The van der Waals surface area contributed by atoms with Gasteiger partial charge in [0.15, 0.2) is 0 Å². The zero-order valence-corrected chi connectivity index (χ0v) is 14.2. The molecule has 1 amide bonds. The average Bonchev–Trinajstić information content (AvgIpc) is 3.00. The maximum Gasteiger partial charge on any atom is 0.305 e. The second-order valence-electron chi connectivity index (χ2n) is 5.23. The van der Waals surface area contributed by atoms with Gasteiger partial charge in [-0.15, -0.1) is 11.8 Å². The van der Waals surface area contributed by atoms with Gasteiger partial charge >= 0.3 is 5.97 Å². The predicted molar refractivity (Wildman–Crippen MR) is 93.3 cm³/mol. The Morgan fingerprint density at radius 1 is 1.42 bits per heavy atom. The maximum absolute atomic E-state index is 12.2. The van der Waals surface area contributed by atoms with E-state index in [4.69, 9.17) is 0 Å². The Bertz CT molecular complexity index is 643. The minimum Gasteiger partial charge on any atom is -0.469 e. The number of hydrogen-bond acceptors (Lipinski definition) is 6. The van der Waals surface area contributed by atoms with Crippen LogP contribution in [0.1, 0.15) is 29.6 Å². The van der Waals surface area contributed by atoms with Crippen molar-refractivity contribution in [3.8, 4) is 0 Å². The van der Waals surface area contributed by atoms with Gasteiger partial charge in [-0.3, -0.25) is 9.59 Å². The number of hydrogen-bond donors (Lipinski definition) is 2. The number of benzene rings is 1. The summed E-state index contributed by atoms with van der Waals surface area (Å²) in [6.07, 6.45) is 3.62. The molecule has 1 aliphatic rings. The molecule has 0 radical (unpaired) electrons. The smallest absolute Gasteiger partial charge is 0.305 e. The van der Waals surface area contributed by atoms with Crippen LogP contribution in [0.4, 0.5) is 0 Å². The van der Waals surface area contributed by atoms with Gasteiger partial charge in [-0.05, 0) is 25.0 Å². The van der Waals surface area contributed by atoms with E-state index in [1.54, 1.807) is 24.3 Å². The molecule has 0 saturated carbocycles. The van der Waals surface area contributed by atoms with Gasteiger partial charge in [-0.2, -0.15) is 0 Å². The van der Waals surface area contributed by atoms with Crippen LogP contribution in [0.2, 0.25) is 0 Å². The summed E-state index contributed by atoms with van der Waals surface area (Å²) in [7, 11) is 1.37. The minimum absolute atomic E-state index is 0.200. The Morgan fingerprint density at radius 3 is 2.83 bits per heavy atom. The van der Waals surface area contributed by atoms with Crippen molar-refractivity contribution in [2.24, 2.45) is 5.16 Å². The van der Waals surface area contributed by atoms with Gasteiger partial charge < -0.3 is 15.3 Å². The van der Waals surface area contributed by atoms with E-state index >= 15 is 0 Å². The third-order valence-corrected chi connectivity index (χ3v) is 4.77. The monoisotopic (exact) mass is 348 g/mol. The SMILES string of the molecule is COC(=O)CCCC=C1SC[C@@H](NC(=O)c2ccccc2)C1=NO. The minimum atomic E-state index is -0.334. The van der Waals surface area contributed by atoms with Crippen molar-refractivity contribution in [3.05, 3.63) is 46.9 Å². The van der Waals surface area contributed by atoms with Gasteiger partial charge in [0.2, 0.25) is 0 Å². The molecule has 0 unspecified atom stereocenters. The van der Waals surface area contributed by atoms with E-state index in [1.165, 1.54) is 18.9 Å². The van der Waals surface area contributed by atoms with Crippen LogP contribution in [0.15, 0.2) is 46.5 Å². The van der Waals surface area contributed by atoms with Crippen molar-refractivity contribution >= 4 is 29.4 Å². The van der Waals surface area contributed by atoms with E-state index in [-0.39, 0.29) is 17.9 Å². The molecule has 24 heavy (non-hydrogen) atoms. The number of amides is 1. The predicted octanol–water partition coefficient (Wildman–Crippen LogP) is 2.59. The molecule has 1 heterocycles. The van der Waals surface area contributed by atoms with Crippen LogP contribution in [-0.4, -0.2) is 41.7 Å². The topological polar surface area (TPSA) is 88.0 Å². The molecule has 1 aromatic rings.